The van der Waals surface area contributed by atoms with Crippen LogP contribution in [0.5, 0.6) is 0 Å². The number of furan rings is 1. The number of amides is 1. The van der Waals surface area contributed by atoms with E-state index in [1.165, 1.54) is 40.9 Å². The molecule has 1 aromatic heterocycles. The van der Waals surface area contributed by atoms with Crippen molar-refractivity contribution in [2.45, 2.75) is 25.2 Å². The van der Waals surface area contributed by atoms with Gasteiger partial charge in [0.25, 0.3) is 10.0 Å². The van der Waals surface area contributed by atoms with Gasteiger partial charge in [0.05, 0.1) is 28.1 Å². The lowest BCUT2D eigenvalue weighted by atomic mass is 10.1. The molecule has 0 saturated carbocycles. The number of ether oxygens (including phenoxy) is 1. The minimum atomic E-state index is -4.25. The fourth-order valence-corrected chi connectivity index (χ4v) is 6.94. The molecule has 2 heterocycles. The Labute approximate surface area is 268 Å². The van der Waals surface area contributed by atoms with Crippen molar-refractivity contribution in [1.82, 2.24) is 4.90 Å². The number of nitrogens with zero attached hydrogens (tertiary/aromatic N) is 3. The van der Waals surface area contributed by atoms with E-state index in [2.05, 4.69) is 4.90 Å². The van der Waals surface area contributed by atoms with Crippen molar-refractivity contribution in [3.8, 4) is 0 Å². The molecule has 0 N–H and O–H groups in total. The van der Waals surface area contributed by atoms with Crippen LogP contribution in [-0.2, 0) is 26.0 Å². The van der Waals surface area contributed by atoms with Crippen LogP contribution in [0, 0.1) is 6.92 Å². The van der Waals surface area contributed by atoms with E-state index in [0.717, 1.165) is 5.56 Å². The molecule has 5 rings (SSSR count). The summed E-state index contributed by atoms with van der Waals surface area (Å²) in [6.07, 6.45) is 4.97. The second-order valence-electron chi connectivity index (χ2n) is 10.8. The number of rotatable bonds is 10. The Morgan fingerprint density at radius 3 is 2.30 bits per heavy atom. The molecule has 0 aliphatic carbocycles. The number of carbonyl (C=O) groups is 3. The summed E-state index contributed by atoms with van der Waals surface area (Å²) in [4.78, 5) is 41.5. The largest absolute Gasteiger partial charge is 0.457 e. The van der Waals surface area contributed by atoms with E-state index in [9.17, 15) is 22.8 Å². The standard InChI is InChI=1S/C35H35N3O7S/c1-3-10-33(39)37-20-18-36(19-21-37)30-13-7-8-14-31(30)38(17-16-27-11-5-4-6-12-27)46(42,43)29-24-26(2)23-28(25-29)34(40)45-35(41)32-15-9-22-44-32/h3-15,22-25H,16-21H2,1-2H3/b10-3+. The third-order valence-electron chi connectivity index (χ3n) is 7.62. The van der Waals surface area contributed by atoms with E-state index in [-0.39, 0.29) is 28.7 Å². The van der Waals surface area contributed by atoms with Gasteiger partial charge in [0, 0.05) is 32.7 Å². The first-order valence-electron chi connectivity index (χ1n) is 14.9. The number of anilines is 2. The molecule has 0 radical (unpaired) electrons. The number of benzene rings is 3. The predicted octanol–water partition coefficient (Wildman–Crippen LogP) is 5.25. The molecule has 0 atom stereocenters. The first-order chi connectivity index (χ1) is 22.2. The Morgan fingerprint density at radius 2 is 1.61 bits per heavy atom. The van der Waals surface area contributed by atoms with E-state index in [4.69, 9.17) is 9.15 Å². The predicted molar refractivity (Wildman–Crippen MR) is 174 cm³/mol. The molecule has 1 saturated heterocycles. The number of aryl methyl sites for hydroxylation is 1. The van der Waals surface area contributed by atoms with Crippen molar-refractivity contribution in [3.05, 3.63) is 126 Å². The van der Waals surface area contributed by atoms with Gasteiger partial charge in [-0.15, -0.1) is 0 Å². The zero-order chi connectivity index (χ0) is 32.7. The van der Waals surface area contributed by atoms with Crippen molar-refractivity contribution in [2.24, 2.45) is 0 Å². The van der Waals surface area contributed by atoms with E-state index < -0.39 is 22.0 Å². The maximum absolute atomic E-state index is 14.6. The van der Waals surface area contributed by atoms with Gasteiger partial charge in [-0.1, -0.05) is 48.5 Å². The fraction of sp³-hybridized carbons (Fsp3) is 0.229. The minimum Gasteiger partial charge on any atom is -0.457 e. The summed E-state index contributed by atoms with van der Waals surface area (Å²) in [5, 5.41) is 0. The van der Waals surface area contributed by atoms with Crippen LogP contribution in [0.2, 0.25) is 0 Å². The van der Waals surface area contributed by atoms with Gasteiger partial charge < -0.3 is 19.0 Å². The van der Waals surface area contributed by atoms with Crippen molar-refractivity contribution in [2.75, 3.05) is 41.9 Å². The van der Waals surface area contributed by atoms with Crippen LogP contribution in [-0.4, -0.2) is 63.9 Å². The third kappa shape index (κ3) is 7.37. The van der Waals surface area contributed by atoms with Gasteiger partial charge in [-0.25, -0.2) is 18.0 Å². The lowest BCUT2D eigenvalue weighted by molar-refractivity contribution is -0.126. The lowest BCUT2D eigenvalue weighted by Crippen LogP contribution is -2.48. The van der Waals surface area contributed by atoms with Crippen LogP contribution in [0.3, 0.4) is 0 Å². The van der Waals surface area contributed by atoms with Gasteiger partial charge in [0.15, 0.2) is 0 Å². The molecule has 10 nitrogen and oxygen atoms in total. The number of sulfonamides is 1. The maximum Gasteiger partial charge on any atom is 0.382 e. The highest BCUT2D eigenvalue weighted by atomic mass is 32.2. The zero-order valence-electron chi connectivity index (χ0n) is 25.7. The molecule has 238 valence electrons. The number of hydrogen-bond acceptors (Lipinski definition) is 8. The first-order valence-corrected chi connectivity index (χ1v) is 16.4. The average molecular weight is 642 g/mol. The third-order valence-corrected chi connectivity index (χ3v) is 9.41. The number of para-hydroxylation sites is 2. The van der Waals surface area contributed by atoms with Crippen LogP contribution in [0.15, 0.2) is 113 Å². The van der Waals surface area contributed by atoms with Crippen molar-refractivity contribution < 1.29 is 32.0 Å². The van der Waals surface area contributed by atoms with Crippen LogP contribution in [0.1, 0.15) is 39.0 Å². The Kier molecular flexibility index (Phi) is 10.0. The topological polar surface area (TPSA) is 117 Å². The lowest BCUT2D eigenvalue weighted by Gasteiger charge is -2.38. The highest BCUT2D eigenvalue weighted by Crippen LogP contribution is 2.35. The van der Waals surface area contributed by atoms with Crippen LogP contribution >= 0.6 is 0 Å². The Balaban J connectivity index is 1.49. The summed E-state index contributed by atoms with van der Waals surface area (Å²) in [7, 11) is -4.25. The zero-order valence-corrected chi connectivity index (χ0v) is 26.5. The summed E-state index contributed by atoms with van der Waals surface area (Å²) >= 11 is 0. The SMILES string of the molecule is C/C=C/C(=O)N1CCN(c2ccccc2N(CCc2ccccc2)S(=O)(=O)c2cc(C)cc(C(=O)OC(=O)c3ccco3)c2)CC1. The Bertz CT molecular complexity index is 1830. The van der Waals surface area contributed by atoms with Crippen LogP contribution in [0.25, 0.3) is 0 Å². The average Bonchev–Trinajstić information content (AvgIpc) is 3.61. The number of allylic oxidation sites excluding steroid dienone is 1. The van der Waals surface area contributed by atoms with Crippen molar-refractivity contribution >= 4 is 39.2 Å². The Hall–Kier alpha value is -5.16. The summed E-state index contributed by atoms with van der Waals surface area (Å²) in [5.41, 5.74) is 2.56. The molecule has 1 aliphatic heterocycles. The Morgan fingerprint density at radius 1 is 0.891 bits per heavy atom. The van der Waals surface area contributed by atoms with Gasteiger partial charge in [-0.2, -0.15) is 0 Å². The van der Waals surface area contributed by atoms with Crippen molar-refractivity contribution in [3.63, 3.8) is 0 Å². The molecule has 1 aliphatic rings. The van der Waals surface area contributed by atoms with Gasteiger partial charge in [0.2, 0.25) is 11.7 Å². The second kappa shape index (κ2) is 14.3. The van der Waals surface area contributed by atoms with E-state index in [0.29, 0.717) is 49.5 Å². The first kappa shape index (κ1) is 32.2. The molecule has 1 amide bonds. The summed E-state index contributed by atoms with van der Waals surface area (Å²) in [6, 6.07) is 23.9. The normalized spacial score (nSPS) is 13.5. The molecule has 1 fully saturated rings. The number of esters is 2. The van der Waals surface area contributed by atoms with E-state index in [1.807, 2.05) is 42.5 Å². The smallest absolute Gasteiger partial charge is 0.382 e. The van der Waals surface area contributed by atoms with E-state index in [1.54, 1.807) is 43.0 Å². The number of carbonyl (C=O) groups excluding carboxylic acids is 3. The highest BCUT2D eigenvalue weighted by Gasteiger charge is 2.31. The van der Waals surface area contributed by atoms with Crippen LogP contribution < -0.4 is 9.21 Å². The molecule has 3 aromatic carbocycles. The van der Waals surface area contributed by atoms with Crippen molar-refractivity contribution in [1.29, 1.82) is 0 Å². The molecule has 46 heavy (non-hydrogen) atoms. The molecular formula is C35H35N3O7S. The number of piperazine rings is 1. The second-order valence-corrected chi connectivity index (χ2v) is 12.7. The highest BCUT2D eigenvalue weighted by molar-refractivity contribution is 7.92. The molecule has 0 bridgehead atoms. The quantitative estimate of drug-likeness (QED) is 0.131. The molecule has 0 unspecified atom stereocenters. The molecule has 11 heteroatoms. The summed E-state index contributed by atoms with van der Waals surface area (Å²) in [6.45, 7) is 5.63. The number of hydrogen-bond donors (Lipinski definition) is 0. The van der Waals surface area contributed by atoms with Gasteiger partial charge in [-0.05, 0) is 79.9 Å². The minimum absolute atomic E-state index is 0.0536. The van der Waals surface area contributed by atoms with E-state index >= 15 is 0 Å². The fourth-order valence-electron chi connectivity index (χ4n) is 5.33. The van der Waals surface area contributed by atoms with Gasteiger partial charge in [0.1, 0.15) is 0 Å². The summed E-state index contributed by atoms with van der Waals surface area (Å²) in [5.74, 6) is -2.18. The monoisotopic (exact) mass is 641 g/mol. The summed E-state index contributed by atoms with van der Waals surface area (Å²) < 4.78 is 40.5. The van der Waals surface area contributed by atoms with Gasteiger partial charge in [-0.3, -0.25) is 9.10 Å². The van der Waals surface area contributed by atoms with Crippen LogP contribution in [0.4, 0.5) is 11.4 Å². The molecule has 4 aromatic rings. The molecule has 0 spiro atoms. The van der Waals surface area contributed by atoms with Gasteiger partial charge >= 0.3 is 11.9 Å². The molecular weight excluding hydrogens is 606 g/mol. The maximum atomic E-state index is 14.6.